The Kier molecular flexibility index (Phi) is 5.09. The van der Waals surface area contributed by atoms with Gasteiger partial charge in [-0.1, -0.05) is 11.6 Å². The lowest BCUT2D eigenvalue weighted by Gasteiger charge is -2.34. The van der Waals surface area contributed by atoms with Crippen LogP contribution in [0.1, 0.15) is 5.69 Å². The van der Waals surface area contributed by atoms with Gasteiger partial charge in [-0.3, -0.25) is 0 Å². The summed E-state index contributed by atoms with van der Waals surface area (Å²) in [6.07, 6.45) is -3.51. The van der Waals surface area contributed by atoms with Gasteiger partial charge in [0.1, 0.15) is 5.69 Å². The van der Waals surface area contributed by atoms with Crippen LogP contribution in [0.5, 0.6) is 0 Å². The topological polar surface area (TPSA) is 66.4 Å². The number of anilines is 1. The van der Waals surface area contributed by atoms with Crippen LogP contribution in [-0.4, -0.2) is 48.9 Å². The normalized spacial score (nSPS) is 16.7. The zero-order valence-corrected chi connectivity index (χ0v) is 14.9. The lowest BCUT2D eigenvalue weighted by Crippen LogP contribution is -2.49. The second-order valence-corrected chi connectivity index (χ2v) is 7.96. The number of halogens is 4. The first kappa shape index (κ1) is 18.9. The lowest BCUT2D eigenvalue weighted by molar-refractivity contribution is -0.141. The molecule has 0 N–H and O–H groups in total. The van der Waals surface area contributed by atoms with Gasteiger partial charge in [0, 0.05) is 37.4 Å². The number of benzene rings is 1. The third kappa shape index (κ3) is 3.92. The Morgan fingerprint density at radius 1 is 1.00 bits per heavy atom. The Morgan fingerprint density at radius 2 is 1.62 bits per heavy atom. The monoisotopic (exact) mass is 406 g/mol. The van der Waals surface area contributed by atoms with Crippen molar-refractivity contribution in [1.82, 2.24) is 14.3 Å². The summed E-state index contributed by atoms with van der Waals surface area (Å²) in [4.78, 5) is 9.04. The van der Waals surface area contributed by atoms with Crippen LogP contribution < -0.4 is 4.90 Å². The average molecular weight is 407 g/mol. The van der Waals surface area contributed by atoms with Crippen LogP contribution in [0.25, 0.3) is 0 Å². The van der Waals surface area contributed by atoms with Crippen molar-refractivity contribution in [2.75, 3.05) is 31.1 Å². The van der Waals surface area contributed by atoms with E-state index in [0.717, 1.165) is 12.3 Å². The molecule has 0 bridgehead atoms. The van der Waals surface area contributed by atoms with Gasteiger partial charge in [-0.15, -0.1) is 0 Å². The van der Waals surface area contributed by atoms with Crippen molar-refractivity contribution >= 4 is 27.6 Å². The smallest absolute Gasteiger partial charge is 0.338 e. The molecule has 1 aliphatic rings. The van der Waals surface area contributed by atoms with Gasteiger partial charge < -0.3 is 4.90 Å². The van der Waals surface area contributed by atoms with E-state index in [-0.39, 0.29) is 37.0 Å². The predicted molar refractivity (Wildman–Crippen MR) is 89.5 cm³/mol. The molecule has 0 atom stereocenters. The molecule has 11 heteroatoms. The van der Waals surface area contributed by atoms with Crippen molar-refractivity contribution in [3.8, 4) is 0 Å². The molecule has 140 valence electrons. The van der Waals surface area contributed by atoms with Gasteiger partial charge in [-0.05, 0) is 30.3 Å². The Balaban J connectivity index is 1.72. The van der Waals surface area contributed by atoms with E-state index in [1.165, 1.54) is 33.5 Å². The zero-order chi connectivity index (χ0) is 18.9. The van der Waals surface area contributed by atoms with Crippen molar-refractivity contribution in [2.24, 2.45) is 0 Å². The summed E-state index contributed by atoms with van der Waals surface area (Å²) >= 11 is 5.77. The van der Waals surface area contributed by atoms with Gasteiger partial charge in [0.25, 0.3) is 0 Å². The first-order valence-electron chi connectivity index (χ1n) is 7.59. The minimum atomic E-state index is -4.56. The summed E-state index contributed by atoms with van der Waals surface area (Å²) in [5.41, 5.74) is -1.03. The molecular weight excluding hydrogens is 393 g/mol. The van der Waals surface area contributed by atoms with E-state index in [2.05, 4.69) is 9.97 Å². The molecule has 0 aliphatic carbocycles. The molecule has 1 aromatic heterocycles. The molecule has 1 aliphatic heterocycles. The van der Waals surface area contributed by atoms with Gasteiger partial charge in [-0.25, -0.2) is 18.4 Å². The van der Waals surface area contributed by atoms with Crippen LogP contribution in [0, 0.1) is 0 Å². The van der Waals surface area contributed by atoms with E-state index in [9.17, 15) is 21.6 Å². The summed E-state index contributed by atoms with van der Waals surface area (Å²) in [6.45, 7) is 0.609. The fourth-order valence-electron chi connectivity index (χ4n) is 2.54. The second-order valence-electron chi connectivity index (χ2n) is 5.58. The molecule has 0 saturated carbocycles. The van der Waals surface area contributed by atoms with Crippen LogP contribution in [-0.2, 0) is 16.2 Å². The van der Waals surface area contributed by atoms with Gasteiger partial charge in [0.15, 0.2) is 0 Å². The number of nitrogens with zero attached hydrogens (tertiary/aromatic N) is 4. The Labute approximate surface area is 153 Å². The highest BCUT2D eigenvalue weighted by Crippen LogP contribution is 2.28. The predicted octanol–water partition coefficient (Wildman–Crippen LogP) is 2.66. The number of hydrogen-bond donors (Lipinski definition) is 0. The Morgan fingerprint density at radius 3 is 2.19 bits per heavy atom. The second kappa shape index (κ2) is 7.01. The van der Waals surface area contributed by atoms with Crippen LogP contribution in [0.3, 0.4) is 0 Å². The quantitative estimate of drug-likeness (QED) is 0.784. The van der Waals surface area contributed by atoms with Crippen molar-refractivity contribution in [2.45, 2.75) is 11.1 Å². The summed E-state index contributed by atoms with van der Waals surface area (Å²) in [5, 5.41) is 0.426. The molecule has 1 aromatic carbocycles. The molecule has 2 heterocycles. The molecule has 0 amide bonds. The Hall–Kier alpha value is -1.91. The third-order valence-corrected chi connectivity index (χ3v) is 6.07. The highest BCUT2D eigenvalue weighted by atomic mass is 35.5. The number of hydrogen-bond acceptors (Lipinski definition) is 5. The van der Waals surface area contributed by atoms with Gasteiger partial charge in [-0.2, -0.15) is 17.5 Å². The van der Waals surface area contributed by atoms with Gasteiger partial charge >= 0.3 is 6.18 Å². The fraction of sp³-hybridized carbons (Fsp3) is 0.333. The van der Waals surface area contributed by atoms with Crippen LogP contribution in [0.15, 0.2) is 41.4 Å². The van der Waals surface area contributed by atoms with Crippen LogP contribution >= 0.6 is 11.6 Å². The van der Waals surface area contributed by atoms with Gasteiger partial charge in [0.05, 0.1) is 4.90 Å². The van der Waals surface area contributed by atoms with E-state index in [1.807, 2.05) is 0 Å². The number of rotatable bonds is 3. The minimum absolute atomic E-state index is 0.0663. The Bertz CT molecular complexity index is 883. The van der Waals surface area contributed by atoms with Gasteiger partial charge in [0.2, 0.25) is 16.0 Å². The number of aromatic nitrogens is 2. The largest absolute Gasteiger partial charge is 0.433 e. The first-order valence-corrected chi connectivity index (χ1v) is 9.40. The summed E-state index contributed by atoms with van der Waals surface area (Å²) in [5.74, 6) is -0.0663. The maximum atomic E-state index is 12.8. The summed E-state index contributed by atoms with van der Waals surface area (Å²) in [6, 6.07) is 6.60. The van der Waals surface area contributed by atoms with Crippen molar-refractivity contribution in [3.63, 3.8) is 0 Å². The molecule has 26 heavy (non-hydrogen) atoms. The lowest BCUT2D eigenvalue weighted by atomic mass is 10.3. The van der Waals surface area contributed by atoms with Crippen LogP contribution in [0.2, 0.25) is 5.02 Å². The highest BCUT2D eigenvalue weighted by Gasteiger charge is 2.34. The molecule has 0 radical (unpaired) electrons. The van der Waals surface area contributed by atoms with E-state index in [4.69, 9.17) is 11.6 Å². The van der Waals surface area contributed by atoms with Crippen molar-refractivity contribution in [1.29, 1.82) is 0 Å². The van der Waals surface area contributed by atoms with E-state index < -0.39 is 21.9 Å². The van der Waals surface area contributed by atoms with Crippen LogP contribution in [0.4, 0.5) is 19.1 Å². The SMILES string of the molecule is O=S(=O)(c1ccc(Cl)cc1)N1CCN(c2nccc(C(F)(F)F)n2)CC1. The molecule has 1 fully saturated rings. The summed E-state index contributed by atoms with van der Waals surface area (Å²) in [7, 11) is -3.69. The molecule has 3 rings (SSSR count). The fourth-order valence-corrected chi connectivity index (χ4v) is 4.09. The van der Waals surface area contributed by atoms with E-state index in [1.54, 1.807) is 0 Å². The molecule has 1 saturated heterocycles. The highest BCUT2D eigenvalue weighted by molar-refractivity contribution is 7.89. The van der Waals surface area contributed by atoms with Crippen molar-refractivity contribution < 1.29 is 21.6 Å². The number of sulfonamides is 1. The van der Waals surface area contributed by atoms with E-state index >= 15 is 0 Å². The summed E-state index contributed by atoms with van der Waals surface area (Å²) < 4.78 is 64.8. The molecule has 0 spiro atoms. The number of alkyl halides is 3. The molecular formula is C15H14ClF3N4O2S. The third-order valence-electron chi connectivity index (χ3n) is 3.91. The first-order chi connectivity index (χ1) is 12.2. The zero-order valence-electron chi connectivity index (χ0n) is 13.3. The average Bonchev–Trinajstić information content (AvgIpc) is 2.62. The maximum Gasteiger partial charge on any atom is 0.433 e. The molecule has 0 unspecified atom stereocenters. The standard InChI is InChI=1S/C15H14ClF3N4O2S/c16-11-1-3-12(4-2-11)26(24,25)23-9-7-22(8-10-23)14-20-6-5-13(21-14)15(17,18)19/h1-6H,7-10H2. The minimum Gasteiger partial charge on any atom is -0.338 e. The van der Waals surface area contributed by atoms with Crippen molar-refractivity contribution in [3.05, 3.63) is 47.2 Å². The molecule has 2 aromatic rings. The number of piperazine rings is 1. The maximum absolute atomic E-state index is 12.8. The van der Waals surface area contributed by atoms with E-state index in [0.29, 0.717) is 5.02 Å². The molecule has 6 nitrogen and oxygen atoms in total.